The zero-order valence-electron chi connectivity index (χ0n) is 13.9. The highest BCUT2D eigenvalue weighted by Crippen LogP contribution is 2.30. The van der Waals surface area contributed by atoms with Gasteiger partial charge >= 0.3 is 5.97 Å². The summed E-state index contributed by atoms with van der Waals surface area (Å²) in [6.45, 7) is -0.0433. The lowest BCUT2D eigenvalue weighted by Crippen LogP contribution is -2.13. The molecule has 3 aromatic rings. The monoisotopic (exact) mass is 340 g/mol. The maximum absolute atomic E-state index is 13.7. The van der Waals surface area contributed by atoms with Crippen LogP contribution in [0, 0.1) is 5.82 Å². The van der Waals surface area contributed by atoms with Crippen molar-refractivity contribution in [3.63, 3.8) is 0 Å². The van der Waals surface area contributed by atoms with E-state index in [9.17, 15) is 9.18 Å². The molecule has 0 radical (unpaired) electrons. The Balaban J connectivity index is 2.10. The Morgan fingerprint density at radius 1 is 1.08 bits per heavy atom. The molecule has 128 valence electrons. The molecule has 1 aromatic heterocycles. The Kier molecular flexibility index (Phi) is 4.79. The lowest BCUT2D eigenvalue weighted by molar-refractivity contribution is -0.141. The molecule has 0 aliphatic heterocycles. The second kappa shape index (κ2) is 7.17. The number of carbonyl (C=O) groups excluding carboxylic acids is 1. The number of hydrogen-bond acceptors (Lipinski definition) is 4. The highest BCUT2D eigenvalue weighted by atomic mass is 19.1. The molecule has 0 aliphatic carbocycles. The van der Waals surface area contributed by atoms with Crippen LogP contribution in [0.4, 0.5) is 4.39 Å². The average Bonchev–Trinajstić information content (AvgIpc) is 3.06. The number of benzene rings is 2. The zero-order chi connectivity index (χ0) is 17.8. The van der Waals surface area contributed by atoms with E-state index in [1.165, 1.54) is 20.3 Å². The van der Waals surface area contributed by atoms with Crippen LogP contribution in [-0.2, 0) is 16.1 Å². The van der Waals surface area contributed by atoms with Crippen molar-refractivity contribution < 1.29 is 18.7 Å². The number of aromatic nitrogens is 2. The van der Waals surface area contributed by atoms with Crippen molar-refractivity contribution in [3.05, 3.63) is 60.4 Å². The summed E-state index contributed by atoms with van der Waals surface area (Å²) in [5.41, 5.74) is 2.99. The van der Waals surface area contributed by atoms with Crippen molar-refractivity contribution in [1.29, 1.82) is 0 Å². The fourth-order valence-corrected chi connectivity index (χ4v) is 2.53. The van der Waals surface area contributed by atoms with Gasteiger partial charge in [0.15, 0.2) is 11.6 Å². The number of halogens is 1. The molecule has 2 aromatic carbocycles. The number of esters is 1. The van der Waals surface area contributed by atoms with Gasteiger partial charge in [0.25, 0.3) is 0 Å². The van der Waals surface area contributed by atoms with Gasteiger partial charge in [0.05, 0.1) is 25.6 Å². The van der Waals surface area contributed by atoms with Gasteiger partial charge in [-0.2, -0.15) is 5.10 Å². The molecular formula is C19H17FN2O3. The number of rotatable bonds is 5. The van der Waals surface area contributed by atoms with Gasteiger partial charge in [0, 0.05) is 11.1 Å². The van der Waals surface area contributed by atoms with E-state index in [1.54, 1.807) is 16.8 Å². The quantitative estimate of drug-likeness (QED) is 0.667. The summed E-state index contributed by atoms with van der Waals surface area (Å²) in [5, 5.41) is 4.50. The van der Waals surface area contributed by atoms with E-state index >= 15 is 0 Å². The first-order valence-corrected chi connectivity index (χ1v) is 7.66. The van der Waals surface area contributed by atoms with E-state index in [0.717, 1.165) is 5.56 Å². The lowest BCUT2D eigenvalue weighted by Gasteiger charge is -2.08. The van der Waals surface area contributed by atoms with Crippen molar-refractivity contribution in [2.45, 2.75) is 6.54 Å². The van der Waals surface area contributed by atoms with Gasteiger partial charge in [-0.3, -0.25) is 9.48 Å². The van der Waals surface area contributed by atoms with Gasteiger partial charge in [-0.1, -0.05) is 30.3 Å². The van der Waals surface area contributed by atoms with Crippen LogP contribution in [0.2, 0.25) is 0 Å². The summed E-state index contributed by atoms with van der Waals surface area (Å²) in [4.78, 5) is 11.7. The Hall–Kier alpha value is -3.15. The Morgan fingerprint density at radius 3 is 2.52 bits per heavy atom. The van der Waals surface area contributed by atoms with Gasteiger partial charge in [-0.25, -0.2) is 4.39 Å². The zero-order valence-corrected chi connectivity index (χ0v) is 13.9. The number of carbonyl (C=O) groups is 1. The maximum atomic E-state index is 13.7. The number of methoxy groups -OCH3 is 2. The predicted octanol–water partition coefficient (Wildman–Crippen LogP) is 3.54. The number of hydrogen-bond donors (Lipinski definition) is 0. The van der Waals surface area contributed by atoms with Crippen molar-refractivity contribution >= 4 is 5.97 Å². The minimum atomic E-state index is -0.450. The number of nitrogens with zero attached hydrogens (tertiary/aromatic N) is 2. The van der Waals surface area contributed by atoms with Crippen LogP contribution in [0.15, 0.2) is 54.6 Å². The molecule has 0 amide bonds. The largest absolute Gasteiger partial charge is 0.494 e. The molecule has 0 spiro atoms. The molecule has 0 saturated heterocycles. The minimum Gasteiger partial charge on any atom is -0.494 e. The smallest absolute Gasteiger partial charge is 0.327 e. The van der Waals surface area contributed by atoms with E-state index in [-0.39, 0.29) is 12.3 Å². The summed E-state index contributed by atoms with van der Waals surface area (Å²) in [5.74, 6) is -0.740. The predicted molar refractivity (Wildman–Crippen MR) is 91.6 cm³/mol. The summed E-state index contributed by atoms with van der Waals surface area (Å²) in [6.07, 6.45) is 0. The highest BCUT2D eigenvalue weighted by molar-refractivity contribution is 5.73. The second-order valence-corrected chi connectivity index (χ2v) is 5.36. The molecule has 0 saturated carbocycles. The van der Waals surface area contributed by atoms with E-state index in [1.807, 2.05) is 36.4 Å². The van der Waals surface area contributed by atoms with E-state index in [2.05, 4.69) is 5.10 Å². The second-order valence-electron chi connectivity index (χ2n) is 5.36. The summed E-state index contributed by atoms with van der Waals surface area (Å²) < 4.78 is 25.0. The Bertz CT molecular complexity index is 891. The third kappa shape index (κ3) is 3.52. The van der Waals surface area contributed by atoms with Crippen LogP contribution in [0.5, 0.6) is 5.75 Å². The van der Waals surface area contributed by atoms with E-state index < -0.39 is 11.8 Å². The Labute approximate surface area is 144 Å². The molecule has 1 heterocycles. The molecule has 0 fully saturated rings. The van der Waals surface area contributed by atoms with Crippen LogP contribution in [0.25, 0.3) is 22.5 Å². The topological polar surface area (TPSA) is 53.4 Å². The van der Waals surface area contributed by atoms with E-state index in [0.29, 0.717) is 17.0 Å². The van der Waals surface area contributed by atoms with Crippen molar-refractivity contribution in [2.24, 2.45) is 0 Å². The highest BCUT2D eigenvalue weighted by Gasteiger charge is 2.16. The first-order valence-electron chi connectivity index (χ1n) is 7.66. The molecule has 0 atom stereocenters. The molecule has 25 heavy (non-hydrogen) atoms. The van der Waals surface area contributed by atoms with E-state index in [4.69, 9.17) is 9.47 Å². The third-order valence-corrected chi connectivity index (χ3v) is 3.80. The summed E-state index contributed by atoms with van der Waals surface area (Å²) in [7, 11) is 2.73. The Morgan fingerprint density at radius 2 is 1.84 bits per heavy atom. The van der Waals surface area contributed by atoms with Crippen molar-refractivity contribution in [3.8, 4) is 28.3 Å². The van der Waals surface area contributed by atoms with Crippen LogP contribution >= 0.6 is 0 Å². The van der Waals surface area contributed by atoms with Gasteiger partial charge in [0.1, 0.15) is 6.54 Å². The summed E-state index contributed by atoms with van der Waals surface area (Å²) >= 11 is 0. The fraction of sp³-hybridized carbons (Fsp3) is 0.158. The normalized spacial score (nSPS) is 10.5. The molecule has 0 N–H and O–H groups in total. The van der Waals surface area contributed by atoms with Crippen LogP contribution in [0.1, 0.15) is 0 Å². The van der Waals surface area contributed by atoms with Gasteiger partial charge < -0.3 is 9.47 Å². The average molecular weight is 340 g/mol. The fourth-order valence-electron chi connectivity index (χ4n) is 2.53. The van der Waals surface area contributed by atoms with Gasteiger partial charge in [0.2, 0.25) is 0 Å². The van der Waals surface area contributed by atoms with Crippen LogP contribution in [0.3, 0.4) is 0 Å². The minimum absolute atomic E-state index is 0.0433. The first-order chi connectivity index (χ1) is 12.1. The summed E-state index contributed by atoms with van der Waals surface area (Å²) in [6, 6.07) is 16.0. The maximum Gasteiger partial charge on any atom is 0.327 e. The first kappa shape index (κ1) is 16.7. The molecule has 3 rings (SSSR count). The molecular weight excluding hydrogens is 323 g/mol. The van der Waals surface area contributed by atoms with Crippen molar-refractivity contribution in [1.82, 2.24) is 9.78 Å². The number of ether oxygens (including phenoxy) is 2. The lowest BCUT2D eigenvalue weighted by atomic mass is 10.1. The standard InChI is InChI=1S/C19H17FN2O3/c1-24-18-10-14(8-9-15(18)20)17-11-16(13-6-4-3-5-7-13)21-22(17)12-19(23)25-2/h3-11H,12H2,1-2H3. The van der Waals surface area contributed by atoms with Gasteiger partial charge in [-0.15, -0.1) is 0 Å². The molecule has 0 unspecified atom stereocenters. The molecule has 5 nitrogen and oxygen atoms in total. The SMILES string of the molecule is COC(=O)Cn1nc(-c2ccccc2)cc1-c1ccc(F)c(OC)c1. The van der Waals surface area contributed by atoms with Gasteiger partial charge in [-0.05, 0) is 24.3 Å². The molecule has 6 heteroatoms. The van der Waals surface area contributed by atoms with Crippen molar-refractivity contribution in [2.75, 3.05) is 14.2 Å². The van der Waals surface area contributed by atoms with Crippen LogP contribution in [-0.4, -0.2) is 30.0 Å². The third-order valence-electron chi connectivity index (χ3n) is 3.80. The molecule has 0 bridgehead atoms. The van der Waals surface area contributed by atoms with Crippen LogP contribution < -0.4 is 4.74 Å². The molecule has 0 aliphatic rings.